The van der Waals surface area contributed by atoms with Crippen LogP contribution in [-0.2, 0) is 4.79 Å². The Morgan fingerprint density at radius 2 is 1.70 bits per heavy atom. The number of hydrogen-bond acceptors (Lipinski definition) is 2. The largest absolute Gasteiger partial charge is 0.497 e. The maximum absolute atomic E-state index is 12.1. The second-order valence-electron chi connectivity index (χ2n) is 4.67. The number of carbonyl (C=O) groups excluding carboxylic acids is 1. The summed E-state index contributed by atoms with van der Waals surface area (Å²) in [6.45, 7) is 0. The Morgan fingerprint density at radius 1 is 1.00 bits per heavy atom. The van der Waals surface area contributed by atoms with E-state index in [2.05, 4.69) is 5.32 Å². The quantitative estimate of drug-likeness (QED) is 0.926. The predicted molar refractivity (Wildman–Crippen MR) is 78.3 cm³/mol. The van der Waals surface area contributed by atoms with Gasteiger partial charge in [0.05, 0.1) is 13.2 Å². The van der Waals surface area contributed by atoms with Gasteiger partial charge in [0.15, 0.2) is 0 Å². The third kappa shape index (κ3) is 2.30. The van der Waals surface area contributed by atoms with E-state index in [0.29, 0.717) is 5.57 Å². The van der Waals surface area contributed by atoms with Crippen LogP contribution in [0.2, 0.25) is 0 Å². The first-order valence-corrected chi connectivity index (χ1v) is 6.50. The third-order valence-electron chi connectivity index (χ3n) is 3.42. The number of rotatable bonds is 3. The highest BCUT2D eigenvalue weighted by Crippen LogP contribution is 2.28. The first kappa shape index (κ1) is 12.5. The van der Waals surface area contributed by atoms with Crippen LogP contribution in [0.15, 0.2) is 60.7 Å². The van der Waals surface area contributed by atoms with Gasteiger partial charge in [-0.25, -0.2) is 0 Å². The maximum atomic E-state index is 12.1. The molecule has 1 amide bonds. The lowest BCUT2D eigenvalue weighted by Gasteiger charge is -2.07. The summed E-state index contributed by atoms with van der Waals surface area (Å²) in [7, 11) is 1.63. The van der Waals surface area contributed by atoms with Crippen molar-refractivity contribution in [1.82, 2.24) is 5.32 Å². The van der Waals surface area contributed by atoms with E-state index in [0.717, 1.165) is 16.9 Å². The van der Waals surface area contributed by atoms with Gasteiger partial charge in [-0.1, -0.05) is 42.5 Å². The summed E-state index contributed by atoms with van der Waals surface area (Å²) >= 11 is 0. The number of hydrogen-bond donors (Lipinski definition) is 1. The van der Waals surface area contributed by atoms with Crippen LogP contribution in [0.3, 0.4) is 0 Å². The summed E-state index contributed by atoms with van der Waals surface area (Å²) in [5, 5.41) is 2.98. The molecule has 0 bridgehead atoms. The van der Waals surface area contributed by atoms with Crippen LogP contribution in [-0.4, -0.2) is 13.0 Å². The Balaban J connectivity index is 1.90. The fourth-order valence-electron chi connectivity index (χ4n) is 2.34. The van der Waals surface area contributed by atoms with Crippen molar-refractivity contribution < 1.29 is 9.53 Å². The van der Waals surface area contributed by atoms with Crippen molar-refractivity contribution in [3.8, 4) is 5.75 Å². The third-order valence-corrected chi connectivity index (χ3v) is 3.42. The van der Waals surface area contributed by atoms with Crippen molar-refractivity contribution in [3.63, 3.8) is 0 Å². The monoisotopic (exact) mass is 265 g/mol. The average Bonchev–Trinajstić information content (AvgIpc) is 2.90. The van der Waals surface area contributed by atoms with E-state index in [4.69, 9.17) is 4.74 Å². The number of nitrogens with one attached hydrogen (secondary N) is 1. The molecule has 3 rings (SSSR count). The number of carbonyl (C=O) groups is 1. The molecule has 1 unspecified atom stereocenters. The molecule has 0 aromatic heterocycles. The van der Waals surface area contributed by atoms with E-state index >= 15 is 0 Å². The lowest BCUT2D eigenvalue weighted by Crippen LogP contribution is -2.20. The highest BCUT2D eigenvalue weighted by Gasteiger charge is 2.24. The Hall–Kier alpha value is -2.55. The predicted octanol–water partition coefficient (Wildman–Crippen LogP) is 2.95. The molecule has 1 atom stereocenters. The molecule has 1 aliphatic rings. The van der Waals surface area contributed by atoms with Gasteiger partial charge in [0.2, 0.25) is 0 Å². The summed E-state index contributed by atoms with van der Waals surface area (Å²) in [4.78, 5) is 12.1. The van der Waals surface area contributed by atoms with Crippen LogP contribution < -0.4 is 10.1 Å². The van der Waals surface area contributed by atoms with E-state index in [9.17, 15) is 4.79 Å². The SMILES string of the molecule is COc1ccc(C2=CC(c3ccccc3)NC2=O)cc1. The topological polar surface area (TPSA) is 38.3 Å². The van der Waals surface area contributed by atoms with Crippen LogP contribution >= 0.6 is 0 Å². The van der Waals surface area contributed by atoms with Gasteiger partial charge in [0, 0.05) is 5.57 Å². The molecule has 0 spiro atoms. The molecular formula is C17H15NO2. The van der Waals surface area contributed by atoms with Crippen molar-refractivity contribution >= 4 is 11.5 Å². The number of benzene rings is 2. The van der Waals surface area contributed by atoms with Crippen molar-refractivity contribution in [2.24, 2.45) is 0 Å². The van der Waals surface area contributed by atoms with Crippen molar-refractivity contribution in [2.75, 3.05) is 7.11 Å². The molecule has 2 aromatic rings. The fourth-order valence-corrected chi connectivity index (χ4v) is 2.34. The molecule has 0 aliphatic carbocycles. The van der Waals surface area contributed by atoms with E-state index in [1.807, 2.05) is 60.7 Å². The van der Waals surface area contributed by atoms with Gasteiger partial charge in [0.25, 0.3) is 5.91 Å². The molecule has 3 heteroatoms. The number of ether oxygens (including phenoxy) is 1. The van der Waals surface area contributed by atoms with E-state index in [1.165, 1.54) is 0 Å². The smallest absolute Gasteiger partial charge is 0.252 e. The normalized spacial score (nSPS) is 17.6. The minimum absolute atomic E-state index is 0.0379. The zero-order chi connectivity index (χ0) is 13.9. The first-order chi connectivity index (χ1) is 9.78. The minimum atomic E-state index is -0.0548. The van der Waals surface area contributed by atoms with E-state index in [-0.39, 0.29) is 11.9 Å². The van der Waals surface area contributed by atoms with Gasteiger partial charge in [-0.3, -0.25) is 4.79 Å². The molecule has 0 radical (unpaired) electrons. The van der Waals surface area contributed by atoms with Crippen LogP contribution in [0.25, 0.3) is 5.57 Å². The average molecular weight is 265 g/mol. The van der Waals surface area contributed by atoms with Crippen molar-refractivity contribution in [2.45, 2.75) is 6.04 Å². The van der Waals surface area contributed by atoms with E-state index in [1.54, 1.807) is 7.11 Å². The molecule has 2 aromatic carbocycles. The standard InChI is InChI=1S/C17H15NO2/c1-20-14-9-7-12(8-10-14)15-11-16(18-17(15)19)13-5-3-2-4-6-13/h2-11,16H,1H3,(H,18,19). The maximum Gasteiger partial charge on any atom is 0.252 e. The van der Waals surface area contributed by atoms with Crippen LogP contribution in [0.5, 0.6) is 5.75 Å². The Labute approximate surface area is 117 Å². The lowest BCUT2D eigenvalue weighted by atomic mass is 10.0. The number of amides is 1. The molecule has 1 heterocycles. The Morgan fingerprint density at radius 3 is 2.35 bits per heavy atom. The molecule has 0 saturated carbocycles. The molecule has 3 nitrogen and oxygen atoms in total. The Kier molecular flexibility index (Phi) is 3.25. The van der Waals surface area contributed by atoms with E-state index < -0.39 is 0 Å². The molecular weight excluding hydrogens is 250 g/mol. The summed E-state index contributed by atoms with van der Waals surface area (Å²) < 4.78 is 5.13. The first-order valence-electron chi connectivity index (χ1n) is 6.50. The van der Waals surface area contributed by atoms with Gasteiger partial charge < -0.3 is 10.1 Å². The highest BCUT2D eigenvalue weighted by molar-refractivity contribution is 6.21. The van der Waals surface area contributed by atoms with Gasteiger partial charge in [0.1, 0.15) is 5.75 Å². The van der Waals surface area contributed by atoms with Gasteiger partial charge in [-0.05, 0) is 29.3 Å². The van der Waals surface area contributed by atoms with Crippen molar-refractivity contribution in [1.29, 1.82) is 0 Å². The van der Waals surface area contributed by atoms with Gasteiger partial charge in [-0.15, -0.1) is 0 Å². The van der Waals surface area contributed by atoms with Gasteiger partial charge in [-0.2, -0.15) is 0 Å². The van der Waals surface area contributed by atoms with Crippen LogP contribution in [0, 0.1) is 0 Å². The molecule has 20 heavy (non-hydrogen) atoms. The van der Waals surface area contributed by atoms with Crippen LogP contribution in [0.1, 0.15) is 17.2 Å². The highest BCUT2D eigenvalue weighted by atomic mass is 16.5. The zero-order valence-corrected chi connectivity index (χ0v) is 11.2. The summed E-state index contributed by atoms with van der Waals surface area (Å²) in [5.41, 5.74) is 2.70. The summed E-state index contributed by atoms with van der Waals surface area (Å²) in [5.74, 6) is 0.747. The summed E-state index contributed by atoms with van der Waals surface area (Å²) in [6.07, 6.45) is 1.97. The molecule has 100 valence electrons. The lowest BCUT2D eigenvalue weighted by molar-refractivity contribution is -0.115. The molecule has 1 N–H and O–H groups in total. The number of methoxy groups -OCH3 is 1. The zero-order valence-electron chi connectivity index (χ0n) is 11.2. The van der Waals surface area contributed by atoms with Crippen molar-refractivity contribution in [3.05, 3.63) is 71.8 Å². The molecule has 0 fully saturated rings. The molecule has 0 saturated heterocycles. The van der Waals surface area contributed by atoms with Crippen LogP contribution in [0.4, 0.5) is 0 Å². The second kappa shape index (κ2) is 5.21. The summed E-state index contributed by atoms with van der Waals surface area (Å²) in [6, 6.07) is 17.4. The molecule has 1 aliphatic heterocycles. The fraction of sp³-hybridized carbons (Fsp3) is 0.118. The second-order valence-corrected chi connectivity index (χ2v) is 4.67. The minimum Gasteiger partial charge on any atom is -0.497 e. The van der Waals surface area contributed by atoms with Gasteiger partial charge >= 0.3 is 0 Å². The Bertz CT molecular complexity index is 644.